The van der Waals surface area contributed by atoms with E-state index in [-0.39, 0.29) is 22.5 Å². The quantitative estimate of drug-likeness (QED) is 0.484. The Labute approximate surface area is 163 Å². The van der Waals surface area contributed by atoms with Crippen LogP contribution in [0, 0.1) is 0 Å². The van der Waals surface area contributed by atoms with Gasteiger partial charge in [-0.1, -0.05) is 42.5 Å². The number of methoxy groups -OCH3 is 2. The minimum Gasteiger partial charge on any atom is -0.465 e. The van der Waals surface area contributed by atoms with Gasteiger partial charge < -0.3 is 22.4 Å². The van der Waals surface area contributed by atoms with Gasteiger partial charge in [0.25, 0.3) is 0 Å². The maximum Gasteiger partial charge on any atom is 0.509 e. The van der Waals surface area contributed by atoms with Crippen LogP contribution >= 0.6 is 0 Å². The molecule has 1 heterocycles. The lowest BCUT2D eigenvalue weighted by atomic mass is 9.80. The van der Waals surface area contributed by atoms with Gasteiger partial charge in [-0.05, 0) is 12.1 Å². The van der Waals surface area contributed by atoms with Crippen molar-refractivity contribution < 1.29 is 32.0 Å². The van der Waals surface area contributed by atoms with Crippen molar-refractivity contribution in [3.8, 4) is 16.9 Å². The number of hydrogen-bond acceptors (Lipinski definition) is 5. The van der Waals surface area contributed by atoms with Crippen molar-refractivity contribution in [2.45, 2.75) is 0 Å². The van der Waals surface area contributed by atoms with Gasteiger partial charge >= 0.3 is 18.9 Å². The zero-order chi connectivity index (χ0) is 21.2. The Bertz CT molecular complexity index is 1050. The van der Waals surface area contributed by atoms with E-state index in [1.54, 1.807) is 30.3 Å². The highest BCUT2D eigenvalue weighted by atomic mass is 19.4. The summed E-state index contributed by atoms with van der Waals surface area (Å²) in [6.45, 7) is -5.17. The molecule has 0 saturated heterocycles. The first-order chi connectivity index (χ1) is 13.8. The molecule has 29 heavy (non-hydrogen) atoms. The number of aromatic nitrogens is 2. The molecular formula is C19H15BF3N2O4-. The molecular weight excluding hydrogens is 388 g/mol. The second kappa shape index (κ2) is 7.82. The molecule has 0 N–H and O–H groups in total. The molecule has 3 aromatic rings. The van der Waals surface area contributed by atoms with E-state index in [1.807, 2.05) is 0 Å². The van der Waals surface area contributed by atoms with E-state index in [0.717, 1.165) is 26.4 Å². The fourth-order valence-corrected chi connectivity index (χ4v) is 2.82. The molecule has 0 spiro atoms. The molecule has 0 fully saturated rings. The van der Waals surface area contributed by atoms with Gasteiger partial charge in [0.2, 0.25) is 0 Å². The van der Waals surface area contributed by atoms with Crippen molar-refractivity contribution in [1.29, 1.82) is 0 Å². The Morgan fingerprint density at radius 1 is 0.897 bits per heavy atom. The van der Waals surface area contributed by atoms with Crippen LogP contribution in [-0.4, -0.2) is 42.9 Å². The van der Waals surface area contributed by atoms with Gasteiger partial charge in [0.1, 0.15) is 11.3 Å². The SMILES string of the molecule is COC(=O)c1c(-c2ccc([B-](F)(F)F)cc2)nn(-c2ccccc2)c1C(=O)OC. The number of nitrogens with zero attached hydrogens (tertiary/aromatic N) is 2. The van der Waals surface area contributed by atoms with E-state index in [4.69, 9.17) is 9.47 Å². The zero-order valence-corrected chi connectivity index (χ0v) is 15.4. The Balaban J connectivity index is 2.27. The van der Waals surface area contributed by atoms with Crippen molar-refractivity contribution in [2.24, 2.45) is 0 Å². The third kappa shape index (κ3) is 3.87. The Morgan fingerprint density at radius 3 is 2.00 bits per heavy atom. The second-order valence-corrected chi connectivity index (χ2v) is 6.00. The van der Waals surface area contributed by atoms with Crippen molar-refractivity contribution in [1.82, 2.24) is 9.78 Å². The standard InChI is InChI=1S/C19H15BF3N2O4/c1-28-18(26)15-16(12-8-10-13(11-9-12)20(21,22)23)24-25(17(15)19(27)29-2)14-6-4-3-5-7-14/h3-11H,1-2H3/q-1. The van der Waals surface area contributed by atoms with Gasteiger partial charge in [0.05, 0.1) is 19.9 Å². The molecule has 0 aliphatic rings. The van der Waals surface area contributed by atoms with Gasteiger partial charge in [-0.15, -0.1) is 5.46 Å². The fourth-order valence-electron chi connectivity index (χ4n) is 2.82. The molecule has 0 atom stereocenters. The highest BCUT2D eigenvalue weighted by molar-refractivity contribution is 6.73. The predicted molar refractivity (Wildman–Crippen MR) is 100 cm³/mol. The van der Waals surface area contributed by atoms with Crippen LogP contribution in [0.15, 0.2) is 54.6 Å². The normalized spacial score (nSPS) is 11.2. The molecule has 3 rings (SSSR count). The molecule has 2 aromatic carbocycles. The van der Waals surface area contributed by atoms with Gasteiger partial charge in [0, 0.05) is 5.56 Å². The summed E-state index contributed by atoms with van der Waals surface area (Å²) in [5.41, 5.74) is -0.502. The molecule has 0 radical (unpaired) electrons. The number of hydrogen-bond donors (Lipinski definition) is 0. The summed E-state index contributed by atoms with van der Waals surface area (Å²) in [5.74, 6) is -1.71. The maximum absolute atomic E-state index is 12.9. The van der Waals surface area contributed by atoms with E-state index in [0.29, 0.717) is 5.69 Å². The predicted octanol–water partition coefficient (Wildman–Crippen LogP) is 3.17. The number of carbonyl (C=O) groups is 2. The van der Waals surface area contributed by atoms with E-state index in [2.05, 4.69) is 5.10 Å². The highest BCUT2D eigenvalue weighted by Crippen LogP contribution is 2.29. The van der Waals surface area contributed by atoms with Crippen LogP contribution in [0.25, 0.3) is 16.9 Å². The third-order valence-electron chi connectivity index (χ3n) is 4.22. The van der Waals surface area contributed by atoms with Crippen LogP contribution in [0.1, 0.15) is 20.8 Å². The molecule has 0 amide bonds. The fraction of sp³-hybridized carbons (Fsp3) is 0.105. The Kier molecular flexibility index (Phi) is 5.45. The van der Waals surface area contributed by atoms with Crippen LogP contribution in [-0.2, 0) is 9.47 Å². The van der Waals surface area contributed by atoms with Crippen molar-refractivity contribution in [3.05, 3.63) is 65.9 Å². The monoisotopic (exact) mass is 403 g/mol. The third-order valence-corrected chi connectivity index (χ3v) is 4.22. The van der Waals surface area contributed by atoms with E-state index < -0.39 is 24.4 Å². The first kappa shape index (κ1) is 20.2. The Morgan fingerprint density at radius 2 is 1.48 bits per heavy atom. The van der Waals surface area contributed by atoms with Gasteiger partial charge in [0.15, 0.2) is 5.69 Å². The number of rotatable bonds is 5. The summed E-state index contributed by atoms with van der Waals surface area (Å²) in [6.07, 6.45) is 0. The lowest BCUT2D eigenvalue weighted by Crippen LogP contribution is -2.33. The van der Waals surface area contributed by atoms with E-state index in [9.17, 15) is 22.5 Å². The number of ether oxygens (including phenoxy) is 2. The maximum atomic E-state index is 12.9. The zero-order valence-electron chi connectivity index (χ0n) is 15.4. The number of carbonyl (C=O) groups excluding carboxylic acids is 2. The van der Waals surface area contributed by atoms with Gasteiger partial charge in [-0.2, -0.15) is 5.10 Å². The number of esters is 2. The summed E-state index contributed by atoms with van der Waals surface area (Å²) >= 11 is 0. The van der Waals surface area contributed by atoms with Gasteiger partial charge in [-0.25, -0.2) is 14.3 Å². The average Bonchev–Trinajstić information content (AvgIpc) is 3.13. The number of benzene rings is 2. The van der Waals surface area contributed by atoms with Crippen molar-refractivity contribution in [3.63, 3.8) is 0 Å². The van der Waals surface area contributed by atoms with Crippen LogP contribution in [0.2, 0.25) is 0 Å². The largest absolute Gasteiger partial charge is 0.509 e. The summed E-state index contributed by atoms with van der Waals surface area (Å²) in [5, 5.41) is 4.32. The molecule has 0 unspecified atom stereocenters. The summed E-state index contributed by atoms with van der Waals surface area (Å²) < 4.78 is 49.6. The minimum absolute atomic E-state index is 0.00216. The second-order valence-electron chi connectivity index (χ2n) is 6.00. The molecule has 0 aliphatic heterocycles. The number of halogens is 3. The topological polar surface area (TPSA) is 70.4 Å². The van der Waals surface area contributed by atoms with Crippen LogP contribution in [0.5, 0.6) is 0 Å². The van der Waals surface area contributed by atoms with Crippen LogP contribution in [0.4, 0.5) is 12.9 Å². The first-order valence-corrected chi connectivity index (χ1v) is 8.43. The Hall–Kier alpha value is -3.56. The summed E-state index contributed by atoms with van der Waals surface area (Å²) in [7, 11) is 2.27. The molecule has 10 heteroatoms. The van der Waals surface area contributed by atoms with Crippen molar-refractivity contribution >= 4 is 24.4 Å². The molecule has 0 aliphatic carbocycles. The summed E-state index contributed by atoms with van der Waals surface area (Å²) in [6, 6.07) is 12.6. The molecule has 0 saturated carbocycles. The van der Waals surface area contributed by atoms with Crippen molar-refractivity contribution in [2.75, 3.05) is 14.2 Å². The molecule has 6 nitrogen and oxygen atoms in total. The smallest absolute Gasteiger partial charge is 0.465 e. The van der Waals surface area contributed by atoms with E-state index in [1.165, 1.54) is 16.8 Å². The number of para-hydroxylation sites is 1. The first-order valence-electron chi connectivity index (χ1n) is 8.43. The minimum atomic E-state index is -5.17. The molecule has 0 bridgehead atoms. The van der Waals surface area contributed by atoms with Crippen LogP contribution < -0.4 is 5.46 Å². The molecule has 150 valence electrons. The van der Waals surface area contributed by atoms with Crippen LogP contribution in [0.3, 0.4) is 0 Å². The highest BCUT2D eigenvalue weighted by Gasteiger charge is 2.32. The average molecular weight is 403 g/mol. The summed E-state index contributed by atoms with van der Waals surface area (Å²) in [4.78, 5) is 24.9. The lowest BCUT2D eigenvalue weighted by molar-refractivity contribution is 0.0549. The van der Waals surface area contributed by atoms with Gasteiger partial charge in [-0.3, -0.25) is 0 Å². The van der Waals surface area contributed by atoms with E-state index >= 15 is 0 Å². The lowest BCUT2D eigenvalue weighted by Gasteiger charge is -2.14. The molecule has 1 aromatic heterocycles.